The van der Waals surface area contributed by atoms with Crippen molar-refractivity contribution in [2.45, 2.75) is 51.6 Å². The van der Waals surface area contributed by atoms with Crippen LogP contribution in [-0.4, -0.2) is 36.0 Å². The quantitative estimate of drug-likeness (QED) is 0.650. The fourth-order valence-electron chi connectivity index (χ4n) is 2.32. The molecule has 0 N–H and O–H groups in total. The number of esters is 1. The number of hydrogen-bond donors (Lipinski definition) is 0. The van der Waals surface area contributed by atoms with Crippen LogP contribution in [0.4, 0.5) is 0 Å². The van der Waals surface area contributed by atoms with E-state index >= 15 is 0 Å². The molecule has 0 aromatic rings. The second kappa shape index (κ2) is 5.14. The molecule has 0 spiro atoms. The third-order valence-corrected chi connectivity index (χ3v) is 3.05. The highest BCUT2D eigenvalue weighted by Crippen LogP contribution is 2.25. The summed E-state index contributed by atoms with van der Waals surface area (Å²) < 4.78 is 4.73. The third-order valence-electron chi connectivity index (χ3n) is 3.05. The van der Waals surface area contributed by atoms with Crippen molar-refractivity contribution < 1.29 is 14.3 Å². The minimum Gasteiger partial charge on any atom is -0.467 e. The number of piperidine rings is 1. The maximum absolute atomic E-state index is 11.5. The van der Waals surface area contributed by atoms with Gasteiger partial charge >= 0.3 is 5.97 Å². The summed E-state index contributed by atoms with van der Waals surface area (Å²) in [5.41, 5.74) is 0. The molecule has 1 aliphatic rings. The molecule has 86 valence electrons. The van der Waals surface area contributed by atoms with E-state index in [2.05, 4.69) is 0 Å². The average molecular weight is 213 g/mol. The van der Waals surface area contributed by atoms with Crippen LogP contribution in [-0.2, 0) is 14.3 Å². The molecular weight excluding hydrogens is 194 g/mol. The van der Waals surface area contributed by atoms with E-state index in [0.717, 1.165) is 25.7 Å². The van der Waals surface area contributed by atoms with E-state index in [4.69, 9.17) is 4.74 Å². The van der Waals surface area contributed by atoms with Gasteiger partial charge in [0.2, 0.25) is 5.91 Å². The molecule has 4 nitrogen and oxygen atoms in total. The lowest BCUT2D eigenvalue weighted by Crippen LogP contribution is -2.52. The van der Waals surface area contributed by atoms with Crippen molar-refractivity contribution >= 4 is 11.9 Å². The first-order chi connectivity index (χ1) is 7.11. The summed E-state index contributed by atoms with van der Waals surface area (Å²) >= 11 is 0. The van der Waals surface area contributed by atoms with Crippen molar-refractivity contribution in [2.75, 3.05) is 7.11 Å². The van der Waals surface area contributed by atoms with Crippen molar-refractivity contribution in [2.24, 2.45) is 0 Å². The minimum absolute atomic E-state index is 0.0306. The van der Waals surface area contributed by atoms with Gasteiger partial charge in [-0.15, -0.1) is 0 Å². The van der Waals surface area contributed by atoms with Crippen molar-refractivity contribution in [3.05, 3.63) is 0 Å². The highest BCUT2D eigenvalue weighted by molar-refractivity contribution is 5.83. The Morgan fingerprint density at radius 2 is 2.07 bits per heavy atom. The zero-order valence-electron chi connectivity index (χ0n) is 9.66. The van der Waals surface area contributed by atoms with Crippen molar-refractivity contribution in [3.8, 4) is 0 Å². The summed E-state index contributed by atoms with van der Waals surface area (Å²) in [5.74, 6) is -0.319. The molecule has 0 aromatic heterocycles. The van der Waals surface area contributed by atoms with E-state index in [0.29, 0.717) is 0 Å². The Hall–Kier alpha value is -1.06. The van der Waals surface area contributed by atoms with Crippen molar-refractivity contribution in [1.82, 2.24) is 4.90 Å². The van der Waals surface area contributed by atoms with Crippen LogP contribution in [0.5, 0.6) is 0 Å². The maximum atomic E-state index is 11.5. The number of ether oxygens (including phenoxy) is 1. The molecule has 15 heavy (non-hydrogen) atoms. The molecule has 0 radical (unpaired) electrons. The first-order valence-corrected chi connectivity index (χ1v) is 5.48. The van der Waals surface area contributed by atoms with Crippen molar-refractivity contribution in [3.63, 3.8) is 0 Å². The molecule has 0 saturated carbocycles. The van der Waals surface area contributed by atoms with Crippen LogP contribution in [0, 0.1) is 0 Å². The van der Waals surface area contributed by atoms with Gasteiger partial charge in [0.25, 0.3) is 0 Å². The van der Waals surface area contributed by atoms with Gasteiger partial charge in [-0.05, 0) is 25.7 Å². The lowest BCUT2D eigenvalue weighted by Gasteiger charge is -2.39. The number of rotatable bonds is 2. The van der Waals surface area contributed by atoms with Gasteiger partial charge in [0.1, 0.15) is 6.04 Å². The predicted molar refractivity (Wildman–Crippen MR) is 56.3 cm³/mol. The smallest absolute Gasteiger partial charge is 0.328 e. The summed E-state index contributed by atoms with van der Waals surface area (Å²) in [6, 6.07) is -0.174. The summed E-state index contributed by atoms with van der Waals surface area (Å²) in [7, 11) is 1.37. The molecule has 2 atom stereocenters. The topological polar surface area (TPSA) is 46.6 Å². The second-order valence-electron chi connectivity index (χ2n) is 3.96. The van der Waals surface area contributed by atoms with Crippen LogP contribution >= 0.6 is 0 Å². The van der Waals surface area contributed by atoms with Gasteiger partial charge < -0.3 is 9.64 Å². The van der Waals surface area contributed by atoms with Gasteiger partial charge in [-0.25, -0.2) is 4.79 Å². The summed E-state index contributed by atoms with van der Waals surface area (Å²) in [5, 5.41) is 0. The Morgan fingerprint density at radius 3 is 2.53 bits per heavy atom. The molecule has 1 amide bonds. The zero-order valence-corrected chi connectivity index (χ0v) is 9.66. The molecule has 0 aromatic carbocycles. The van der Waals surface area contributed by atoms with E-state index in [1.54, 1.807) is 4.90 Å². The predicted octanol–water partition coefficient (Wildman–Crippen LogP) is 1.34. The maximum Gasteiger partial charge on any atom is 0.328 e. The number of likely N-dealkylation sites (tertiary alicyclic amines) is 1. The Bertz CT molecular complexity index is 252. The van der Waals surface area contributed by atoms with Gasteiger partial charge in [-0.1, -0.05) is 6.92 Å². The highest BCUT2D eigenvalue weighted by atomic mass is 16.5. The summed E-state index contributed by atoms with van der Waals surface area (Å²) in [6.07, 6.45) is 3.60. The summed E-state index contributed by atoms with van der Waals surface area (Å²) in [6.45, 7) is 3.56. The molecule has 2 unspecified atom stereocenters. The first kappa shape index (κ1) is 12.0. The molecule has 1 rings (SSSR count). The van der Waals surface area contributed by atoms with E-state index in [9.17, 15) is 9.59 Å². The molecule has 1 aliphatic heterocycles. The van der Waals surface area contributed by atoms with Gasteiger partial charge in [0.05, 0.1) is 7.11 Å². The Labute approximate surface area is 90.6 Å². The lowest BCUT2D eigenvalue weighted by molar-refractivity contribution is -0.156. The standard InChI is InChI=1S/C11H19NO3/c1-4-9-6-5-7-10(11(14)15-3)12(9)8(2)13/h9-10H,4-7H2,1-3H3. The SMILES string of the molecule is CCC1CCCC(C(=O)OC)N1C(C)=O. The summed E-state index contributed by atoms with van der Waals surface area (Å²) in [4.78, 5) is 24.7. The van der Waals surface area contributed by atoms with Crippen LogP contribution in [0.3, 0.4) is 0 Å². The molecular formula is C11H19NO3. The van der Waals surface area contributed by atoms with Crippen LogP contribution in [0.1, 0.15) is 39.5 Å². The fraction of sp³-hybridized carbons (Fsp3) is 0.818. The van der Waals surface area contributed by atoms with E-state index in [1.807, 2.05) is 6.92 Å². The van der Waals surface area contributed by atoms with Gasteiger partial charge in [-0.2, -0.15) is 0 Å². The molecule has 1 heterocycles. The number of carbonyl (C=O) groups is 2. The molecule has 4 heteroatoms. The van der Waals surface area contributed by atoms with Crippen molar-refractivity contribution in [1.29, 1.82) is 0 Å². The number of carbonyl (C=O) groups excluding carboxylic acids is 2. The number of hydrogen-bond acceptors (Lipinski definition) is 3. The second-order valence-corrected chi connectivity index (χ2v) is 3.96. The monoisotopic (exact) mass is 213 g/mol. The molecule has 1 saturated heterocycles. The normalized spacial score (nSPS) is 26.2. The van der Waals surface area contributed by atoms with Crippen LogP contribution in [0.2, 0.25) is 0 Å². The minimum atomic E-state index is -0.369. The van der Waals surface area contributed by atoms with Crippen LogP contribution < -0.4 is 0 Å². The molecule has 0 bridgehead atoms. The zero-order chi connectivity index (χ0) is 11.4. The number of nitrogens with zero attached hydrogens (tertiary/aromatic N) is 1. The first-order valence-electron chi connectivity index (χ1n) is 5.48. The van der Waals surface area contributed by atoms with Gasteiger partial charge in [0, 0.05) is 13.0 Å². The average Bonchev–Trinajstić information content (AvgIpc) is 2.26. The largest absolute Gasteiger partial charge is 0.467 e. The van der Waals surface area contributed by atoms with Crippen LogP contribution in [0.15, 0.2) is 0 Å². The Kier molecular flexibility index (Phi) is 4.12. The Balaban J connectivity index is 2.83. The highest BCUT2D eigenvalue weighted by Gasteiger charge is 2.36. The van der Waals surface area contributed by atoms with Crippen LogP contribution in [0.25, 0.3) is 0 Å². The third kappa shape index (κ3) is 2.49. The fourth-order valence-corrected chi connectivity index (χ4v) is 2.32. The lowest BCUT2D eigenvalue weighted by atomic mass is 9.94. The van der Waals surface area contributed by atoms with Gasteiger partial charge in [-0.3, -0.25) is 4.79 Å². The molecule has 0 aliphatic carbocycles. The Morgan fingerprint density at radius 1 is 1.40 bits per heavy atom. The van der Waals surface area contributed by atoms with E-state index in [-0.39, 0.29) is 24.0 Å². The number of methoxy groups -OCH3 is 1. The number of amides is 1. The molecule has 1 fully saturated rings. The van der Waals surface area contributed by atoms with E-state index in [1.165, 1.54) is 14.0 Å². The van der Waals surface area contributed by atoms with E-state index < -0.39 is 0 Å². The van der Waals surface area contributed by atoms with Gasteiger partial charge in [0.15, 0.2) is 0 Å².